The standard InChI is InChI=1S/C21H17NO3S2/c1-14-9-10-16(26-14)13-19-20(23)22(21(24)27-19)11-12-25-18-8-4-6-15-5-2-3-7-17(15)18/h2-10,13H,11-12H2,1H3/b19-13-. The van der Waals surface area contributed by atoms with Gasteiger partial charge >= 0.3 is 0 Å². The molecule has 0 N–H and O–H groups in total. The van der Waals surface area contributed by atoms with Gasteiger partial charge in [0.25, 0.3) is 11.1 Å². The third-order valence-electron chi connectivity index (χ3n) is 4.23. The Bertz CT molecular complexity index is 1050. The van der Waals surface area contributed by atoms with Gasteiger partial charge in [0.2, 0.25) is 0 Å². The van der Waals surface area contributed by atoms with Crippen molar-refractivity contribution in [3.8, 4) is 5.75 Å². The molecule has 4 rings (SSSR count). The topological polar surface area (TPSA) is 46.6 Å². The maximum Gasteiger partial charge on any atom is 0.293 e. The number of hydrogen-bond acceptors (Lipinski definition) is 5. The molecule has 0 spiro atoms. The molecule has 4 nitrogen and oxygen atoms in total. The number of carbonyl (C=O) groups is 2. The molecule has 1 aliphatic rings. The summed E-state index contributed by atoms with van der Waals surface area (Å²) in [5, 5.41) is 1.86. The van der Waals surface area contributed by atoms with Crippen LogP contribution in [0, 0.1) is 6.92 Å². The molecule has 0 saturated carbocycles. The van der Waals surface area contributed by atoms with Crippen LogP contribution in [0.25, 0.3) is 16.8 Å². The van der Waals surface area contributed by atoms with E-state index in [1.165, 1.54) is 9.78 Å². The molecule has 0 bridgehead atoms. The normalized spacial score (nSPS) is 15.9. The molecule has 3 aromatic rings. The first kappa shape index (κ1) is 17.8. The van der Waals surface area contributed by atoms with Crippen LogP contribution < -0.4 is 4.74 Å². The SMILES string of the molecule is Cc1ccc(/C=C2\SC(=O)N(CCOc3cccc4ccccc34)C2=O)s1. The first-order valence-electron chi connectivity index (χ1n) is 8.54. The predicted octanol–water partition coefficient (Wildman–Crippen LogP) is 5.33. The summed E-state index contributed by atoms with van der Waals surface area (Å²) in [5.41, 5.74) is 0. The van der Waals surface area contributed by atoms with E-state index in [0.29, 0.717) is 4.91 Å². The molecule has 2 amide bonds. The number of hydrogen-bond donors (Lipinski definition) is 0. The maximum atomic E-state index is 12.5. The predicted molar refractivity (Wildman–Crippen MR) is 111 cm³/mol. The van der Waals surface area contributed by atoms with Crippen molar-refractivity contribution in [1.82, 2.24) is 4.90 Å². The third kappa shape index (κ3) is 3.77. The van der Waals surface area contributed by atoms with Crippen LogP contribution in [0.3, 0.4) is 0 Å². The summed E-state index contributed by atoms with van der Waals surface area (Å²) in [4.78, 5) is 28.6. The number of imide groups is 1. The van der Waals surface area contributed by atoms with Crippen LogP contribution in [0.5, 0.6) is 5.75 Å². The van der Waals surface area contributed by atoms with Crippen molar-refractivity contribution in [3.05, 3.63) is 69.3 Å². The molecule has 0 atom stereocenters. The smallest absolute Gasteiger partial charge is 0.293 e. The third-order valence-corrected chi connectivity index (χ3v) is 6.09. The van der Waals surface area contributed by atoms with E-state index in [4.69, 9.17) is 4.74 Å². The monoisotopic (exact) mass is 395 g/mol. The second-order valence-corrected chi connectivity index (χ2v) is 8.42. The minimum absolute atomic E-state index is 0.231. The van der Waals surface area contributed by atoms with Gasteiger partial charge in [-0.15, -0.1) is 11.3 Å². The Labute approximate surface area is 165 Å². The van der Waals surface area contributed by atoms with Crippen molar-refractivity contribution >= 4 is 51.1 Å². The van der Waals surface area contributed by atoms with Crippen LogP contribution in [-0.2, 0) is 4.79 Å². The molecule has 2 aromatic carbocycles. The number of thiophene rings is 1. The first-order chi connectivity index (χ1) is 13.1. The van der Waals surface area contributed by atoms with Gasteiger partial charge in [-0.25, -0.2) is 0 Å². The van der Waals surface area contributed by atoms with Gasteiger partial charge in [0.05, 0.1) is 11.4 Å². The fourth-order valence-electron chi connectivity index (χ4n) is 2.92. The lowest BCUT2D eigenvalue weighted by atomic mass is 10.1. The molecular weight excluding hydrogens is 378 g/mol. The summed E-state index contributed by atoms with van der Waals surface area (Å²) in [7, 11) is 0. The van der Waals surface area contributed by atoms with Crippen molar-refractivity contribution in [2.24, 2.45) is 0 Å². The highest BCUT2D eigenvalue weighted by atomic mass is 32.2. The molecule has 0 unspecified atom stereocenters. The van der Waals surface area contributed by atoms with Gasteiger partial charge in [0, 0.05) is 15.1 Å². The molecule has 136 valence electrons. The molecule has 1 aromatic heterocycles. The number of nitrogens with zero attached hydrogens (tertiary/aromatic N) is 1. The lowest BCUT2D eigenvalue weighted by Gasteiger charge is -2.14. The lowest BCUT2D eigenvalue weighted by molar-refractivity contribution is -0.123. The Morgan fingerprint density at radius 2 is 1.85 bits per heavy atom. The van der Waals surface area contributed by atoms with Crippen molar-refractivity contribution in [3.63, 3.8) is 0 Å². The largest absolute Gasteiger partial charge is 0.491 e. The number of benzene rings is 2. The number of ether oxygens (including phenoxy) is 1. The number of carbonyl (C=O) groups excluding carboxylic acids is 2. The second-order valence-electron chi connectivity index (χ2n) is 6.11. The average Bonchev–Trinajstić information content (AvgIpc) is 3.19. The summed E-state index contributed by atoms with van der Waals surface area (Å²) in [6.45, 7) is 2.50. The fraction of sp³-hybridized carbons (Fsp3) is 0.143. The summed E-state index contributed by atoms with van der Waals surface area (Å²) in [6, 6.07) is 17.8. The minimum atomic E-state index is -0.252. The first-order valence-corrected chi connectivity index (χ1v) is 10.2. The van der Waals surface area contributed by atoms with Crippen molar-refractivity contribution in [1.29, 1.82) is 0 Å². The zero-order chi connectivity index (χ0) is 18.8. The van der Waals surface area contributed by atoms with Gasteiger partial charge in [0.15, 0.2) is 0 Å². The van der Waals surface area contributed by atoms with E-state index in [1.54, 1.807) is 17.4 Å². The van der Waals surface area contributed by atoms with E-state index in [-0.39, 0.29) is 24.3 Å². The highest BCUT2D eigenvalue weighted by Gasteiger charge is 2.34. The molecule has 1 saturated heterocycles. The van der Waals surface area contributed by atoms with Gasteiger partial charge in [-0.1, -0.05) is 36.4 Å². The van der Waals surface area contributed by atoms with Gasteiger partial charge in [-0.05, 0) is 48.3 Å². The molecule has 1 aliphatic heterocycles. The van der Waals surface area contributed by atoms with E-state index in [9.17, 15) is 9.59 Å². The summed E-state index contributed by atoms with van der Waals surface area (Å²) < 4.78 is 5.86. The fourth-order valence-corrected chi connectivity index (χ4v) is 4.67. The van der Waals surface area contributed by atoms with Gasteiger partial charge < -0.3 is 4.74 Å². The maximum absolute atomic E-state index is 12.5. The van der Waals surface area contributed by atoms with Crippen LogP contribution in [0.2, 0.25) is 0 Å². The van der Waals surface area contributed by atoms with Crippen LogP contribution >= 0.6 is 23.1 Å². The van der Waals surface area contributed by atoms with Crippen LogP contribution in [0.4, 0.5) is 4.79 Å². The van der Waals surface area contributed by atoms with Crippen LogP contribution in [0.1, 0.15) is 9.75 Å². The summed E-state index contributed by atoms with van der Waals surface area (Å²) in [6.07, 6.45) is 1.79. The zero-order valence-corrected chi connectivity index (χ0v) is 16.3. The summed E-state index contributed by atoms with van der Waals surface area (Å²) >= 11 is 2.58. The molecule has 2 heterocycles. The summed E-state index contributed by atoms with van der Waals surface area (Å²) in [5.74, 6) is 0.502. The van der Waals surface area contributed by atoms with E-state index < -0.39 is 0 Å². The number of amides is 2. The highest BCUT2D eigenvalue weighted by molar-refractivity contribution is 8.18. The molecular formula is C21H17NO3S2. The molecule has 0 radical (unpaired) electrons. The van der Waals surface area contributed by atoms with Crippen molar-refractivity contribution in [2.45, 2.75) is 6.92 Å². The van der Waals surface area contributed by atoms with E-state index in [1.807, 2.05) is 61.5 Å². The number of thioether (sulfide) groups is 1. The molecule has 1 fully saturated rings. The molecule has 6 heteroatoms. The average molecular weight is 396 g/mol. The quantitative estimate of drug-likeness (QED) is 0.548. The highest BCUT2D eigenvalue weighted by Crippen LogP contribution is 2.33. The number of rotatable bonds is 5. The number of aryl methyl sites for hydroxylation is 1. The Balaban J connectivity index is 1.43. The molecule has 0 aliphatic carbocycles. The Morgan fingerprint density at radius 1 is 1.04 bits per heavy atom. The minimum Gasteiger partial charge on any atom is -0.491 e. The van der Waals surface area contributed by atoms with Crippen molar-refractivity contribution < 1.29 is 14.3 Å². The van der Waals surface area contributed by atoms with Gasteiger partial charge in [-0.3, -0.25) is 14.5 Å². The van der Waals surface area contributed by atoms with Crippen molar-refractivity contribution in [2.75, 3.05) is 13.2 Å². The van der Waals surface area contributed by atoms with Gasteiger partial charge in [-0.2, -0.15) is 0 Å². The van der Waals surface area contributed by atoms with Gasteiger partial charge in [0.1, 0.15) is 12.4 Å². The second kappa shape index (κ2) is 7.58. The Kier molecular flexibility index (Phi) is 5.01. The Morgan fingerprint density at radius 3 is 2.67 bits per heavy atom. The van der Waals surface area contributed by atoms with E-state index in [2.05, 4.69) is 0 Å². The van der Waals surface area contributed by atoms with E-state index in [0.717, 1.165) is 33.2 Å². The number of fused-ring (bicyclic) bond motifs is 1. The molecule has 27 heavy (non-hydrogen) atoms. The van der Waals surface area contributed by atoms with Crippen LogP contribution in [0.15, 0.2) is 59.5 Å². The lowest BCUT2D eigenvalue weighted by Crippen LogP contribution is -2.32. The zero-order valence-electron chi connectivity index (χ0n) is 14.7. The van der Waals surface area contributed by atoms with E-state index >= 15 is 0 Å². The Hall–Kier alpha value is -2.57. The van der Waals surface area contributed by atoms with Crippen LogP contribution in [-0.4, -0.2) is 29.2 Å².